The van der Waals surface area contributed by atoms with E-state index in [1.807, 2.05) is 18.2 Å². The normalized spacial score (nSPS) is 12.8. The topological polar surface area (TPSA) is 24.9 Å². The molecule has 0 bridgehead atoms. The minimum Gasteiger partial charge on any atom is -0.311 e. The van der Waals surface area contributed by atoms with Crippen LogP contribution >= 0.6 is 15.9 Å². The maximum Gasteiger partial charge on any atom is 0.106 e. The summed E-state index contributed by atoms with van der Waals surface area (Å²) in [6.45, 7) is 6.37. The highest BCUT2D eigenvalue weighted by molar-refractivity contribution is 9.10. The van der Waals surface area contributed by atoms with Crippen LogP contribution in [-0.4, -0.2) is 11.5 Å². The molecule has 3 heteroatoms. The zero-order valence-corrected chi connectivity index (χ0v) is 10.3. The molecular weight excluding hydrogens is 240 g/mol. The van der Waals surface area contributed by atoms with Crippen molar-refractivity contribution in [2.45, 2.75) is 26.8 Å². The van der Waals surface area contributed by atoms with Gasteiger partial charge in [-0.05, 0) is 40.5 Å². The van der Waals surface area contributed by atoms with Crippen molar-refractivity contribution in [2.75, 3.05) is 6.54 Å². The molecule has 0 aliphatic carbocycles. The van der Waals surface area contributed by atoms with Crippen LogP contribution < -0.4 is 5.32 Å². The van der Waals surface area contributed by atoms with Gasteiger partial charge in [0.05, 0.1) is 5.69 Å². The lowest BCUT2D eigenvalue weighted by atomic mass is 10.1. The fraction of sp³-hybridized carbons (Fsp3) is 0.545. The van der Waals surface area contributed by atoms with Crippen LogP contribution in [-0.2, 0) is 6.54 Å². The second-order valence-corrected chi connectivity index (χ2v) is 4.41. The molecule has 1 N–H and O–H groups in total. The Morgan fingerprint density at radius 3 is 2.93 bits per heavy atom. The van der Waals surface area contributed by atoms with E-state index < -0.39 is 0 Å². The molecule has 0 amide bonds. The van der Waals surface area contributed by atoms with Gasteiger partial charge in [-0.25, -0.2) is 4.98 Å². The van der Waals surface area contributed by atoms with Crippen molar-refractivity contribution in [1.82, 2.24) is 10.3 Å². The minimum atomic E-state index is 0.738. The summed E-state index contributed by atoms with van der Waals surface area (Å²) >= 11 is 3.36. The molecule has 0 spiro atoms. The Bertz CT molecular complexity index is 276. The lowest BCUT2D eigenvalue weighted by Crippen LogP contribution is -2.20. The van der Waals surface area contributed by atoms with E-state index in [1.54, 1.807) is 0 Å². The average Bonchev–Trinajstić information content (AvgIpc) is 2.17. The van der Waals surface area contributed by atoms with Crippen molar-refractivity contribution >= 4 is 15.9 Å². The standard InChI is InChI=1S/C11H17BrN2/c1-3-9(2)7-13-8-10-5-4-6-11(12)14-10/h4-6,9,13H,3,7-8H2,1-2H3. The molecule has 78 valence electrons. The number of hydrogen-bond acceptors (Lipinski definition) is 2. The summed E-state index contributed by atoms with van der Waals surface area (Å²) in [5, 5.41) is 3.40. The predicted molar refractivity (Wildman–Crippen MR) is 63.1 cm³/mol. The molecule has 1 atom stereocenters. The first kappa shape index (κ1) is 11.7. The van der Waals surface area contributed by atoms with Crippen LogP contribution in [0.1, 0.15) is 26.0 Å². The first-order valence-corrected chi connectivity index (χ1v) is 5.83. The lowest BCUT2D eigenvalue weighted by Gasteiger charge is -2.09. The van der Waals surface area contributed by atoms with Crippen LogP contribution in [0.4, 0.5) is 0 Å². The largest absolute Gasteiger partial charge is 0.311 e. The van der Waals surface area contributed by atoms with Gasteiger partial charge in [-0.15, -0.1) is 0 Å². The van der Waals surface area contributed by atoms with E-state index in [0.29, 0.717) is 0 Å². The first-order chi connectivity index (χ1) is 6.72. The zero-order chi connectivity index (χ0) is 10.4. The van der Waals surface area contributed by atoms with E-state index in [2.05, 4.69) is 40.1 Å². The van der Waals surface area contributed by atoms with Gasteiger partial charge in [-0.2, -0.15) is 0 Å². The van der Waals surface area contributed by atoms with Gasteiger partial charge in [-0.3, -0.25) is 0 Å². The Morgan fingerprint density at radius 1 is 1.50 bits per heavy atom. The van der Waals surface area contributed by atoms with Crippen molar-refractivity contribution in [1.29, 1.82) is 0 Å². The van der Waals surface area contributed by atoms with Crippen molar-refractivity contribution in [3.63, 3.8) is 0 Å². The quantitative estimate of drug-likeness (QED) is 0.820. The van der Waals surface area contributed by atoms with Crippen LogP contribution in [0.25, 0.3) is 0 Å². The van der Waals surface area contributed by atoms with Gasteiger partial charge >= 0.3 is 0 Å². The molecule has 0 radical (unpaired) electrons. The van der Waals surface area contributed by atoms with Crippen LogP contribution in [0.3, 0.4) is 0 Å². The molecule has 0 saturated heterocycles. The summed E-state index contributed by atoms with van der Waals surface area (Å²) in [6, 6.07) is 5.99. The van der Waals surface area contributed by atoms with Gasteiger partial charge in [0.25, 0.3) is 0 Å². The summed E-state index contributed by atoms with van der Waals surface area (Å²) < 4.78 is 0.903. The zero-order valence-electron chi connectivity index (χ0n) is 8.76. The smallest absolute Gasteiger partial charge is 0.106 e. The van der Waals surface area contributed by atoms with Crippen molar-refractivity contribution < 1.29 is 0 Å². The van der Waals surface area contributed by atoms with Gasteiger partial charge in [0, 0.05) is 6.54 Å². The van der Waals surface area contributed by atoms with E-state index in [9.17, 15) is 0 Å². The maximum atomic E-state index is 4.35. The van der Waals surface area contributed by atoms with Crippen LogP contribution in [0.15, 0.2) is 22.8 Å². The summed E-state index contributed by atoms with van der Waals surface area (Å²) in [5.41, 5.74) is 1.09. The van der Waals surface area contributed by atoms with E-state index in [0.717, 1.165) is 29.3 Å². The Labute approximate surface area is 94.3 Å². The lowest BCUT2D eigenvalue weighted by molar-refractivity contribution is 0.497. The van der Waals surface area contributed by atoms with Crippen LogP contribution in [0.2, 0.25) is 0 Å². The average molecular weight is 257 g/mol. The maximum absolute atomic E-state index is 4.35. The second kappa shape index (κ2) is 6.14. The molecule has 0 saturated carbocycles. The van der Waals surface area contributed by atoms with E-state index in [1.165, 1.54) is 6.42 Å². The molecule has 2 nitrogen and oxygen atoms in total. The number of nitrogens with zero attached hydrogens (tertiary/aromatic N) is 1. The molecule has 0 aliphatic heterocycles. The molecule has 0 fully saturated rings. The van der Waals surface area contributed by atoms with Crippen LogP contribution in [0.5, 0.6) is 0 Å². The molecule has 1 aromatic heterocycles. The van der Waals surface area contributed by atoms with Gasteiger partial charge in [0.15, 0.2) is 0 Å². The van der Waals surface area contributed by atoms with Gasteiger partial charge in [0.2, 0.25) is 0 Å². The first-order valence-electron chi connectivity index (χ1n) is 5.04. The van der Waals surface area contributed by atoms with Gasteiger partial charge in [0.1, 0.15) is 4.60 Å². The summed E-state index contributed by atoms with van der Waals surface area (Å²) in [6.07, 6.45) is 1.22. The third kappa shape index (κ3) is 4.20. The molecule has 1 aromatic rings. The highest BCUT2D eigenvalue weighted by atomic mass is 79.9. The van der Waals surface area contributed by atoms with Gasteiger partial charge in [-0.1, -0.05) is 26.3 Å². The second-order valence-electron chi connectivity index (χ2n) is 3.60. The molecule has 1 rings (SSSR count). The monoisotopic (exact) mass is 256 g/mol. The highest BCUT2D eigenvalue weighted by Gasteiger charge is 1.99. The fourth-order valence-electron chi connectivity index (χ4n) is 1.14. The van der Waals surface area contributed by atoms with Crippen molar-refractivity contribution in [2.24, 2.45) is 5.92 Å². The molecule has 1 unspecified atom stereocenters. The number of halogens is 1. The van der Waals surface area contributed by atoms with Crippen molar-refractivity contribution in [3.8, 4) is 0 Å². The number of hydrogen-bond donors (Lipinski definition) is 1. The fourth-order valence-corrected chi connectivity index (χ4v) is 1.52. The third-order valence-electron chi connectivity index (χ3n) is 2.27. The third-order valence-corrected chi connectivity index (χ3v) is 2.71. The Kier molecular flexibility index (Phi) is 5.12. The number of rotatable bonds is 5. The minimum absolute atomic E-state index is 0.738. The Balaban J connectivity index is 2.31. The summed E-state index contributed by atoms with van der Waals surface area (Å²) in [5.74, 6) is 0.738. The molecule has 14 heavy (non-hydrogen) atoms. The molecule has 0 aromatic carbocycles. The Morgan fingerprint density at radius 2 is 2.29 bits per heavy atom. The number of pyridine rings is 1. The molecule has 1 heterocycles. The number of aromatic nitrogens is 1. The van der Waals surface area contributed by atoms with Crippen molar-refractivity contribution in [3.05, 3.63) is 28.5 Å². The van der Waals surface area contributed by atoms with E-state index in [-0.39, 0.29) is 0 Å². The Hall–Kier alpha value is -0.410. The SMILES string of the molecule is CCC(C)CNCc1cccc(Br)n1. The van der Waals surface area contributed by atoms with Gasteiger partial charge < -0.3 is 5.32 Å². The van der Waals surface area contributed by atoms with E-state index >= 15 is 0 Å². The van der Waals surface area contributed by atoms with Crippen LogP contribution in [0, 0.1) is 5.92 Å². The summed E-state index contributed by atoms with van der Waals surface area (Å²) in [7, 11) is 0. The number of nitrogens with one attached hydrogen (secondary N) is 1. The predicted octanol–water partition coefficient (Wildman–Crippen LogP) is 2.98. The molecular formula is C11H17BrN2. The molecule has 0 aliphatic rings. The highest BCUT2D eigenvalue weighted by Crippen LogP contribution is 2.06. The van der Waals surface area contributed by atoms with E-state index in [4.69, 9.17) is 0 Å². The summed E-state index contributed by atoms with van der Waals surface area (Å²) in [4.78, 5) is 4.35.